The summed E-state index contributed by atoms with van der Waals surface area (Å²) in [6.07, 6.45) is -1.55. The molecule has 21 heavy (non-hydrogen) atoms. The molecule has 0 amide bonds. The second-order valence-electron chi connectivity index (χ2n) is 4.67. The van der Waals surface area contributed by atoms with Gasteiger partial charge in [0, 0.05) is 19.7 Å². The van der Waals surface area contributed by atoms with E-state index in [0.29, 0.717) is 0 Å². The number of nitrogens with one attached hydrogen (secondary N) is 1. The monoisotopic (exact) mass is 322 g/mol. The van der Waals surface area contributed by atoms with Crippen LogP contribution in [-0.2, 0) is 20.9 Å². The van der Waals surface area contributed by atoms with E-state index in [1.54, 1.807) is 0 Å². The van der Waals surface area contributed by atoms with Gasteiger partial charge in [-0.3, -0.25) is 13.9 Å². The number of phosphoric acid groups is 1. The van der Waals surface area contributed by atoms with Crippen molar-refractivity contribution in [3.8, 4) is 0 Å². The lowest BCUT2D eigenvalue weighted by Gasteiger charge is -2.15. The van der Waals surface area contributed by atoms with Crippen LogP contribution in [0.2, 0.25) is 0 Å². The van der Waals surface area contributed by atoms with Crippen LogP contribution in [0.25, 0.3) is 0 Å². The maximum Gasteiger partial charge on any atom is 0.469 e. The first kappa shape index (κ1) is 16.1. The normalized spacial score (nSPS) is 26.2. The molecule has 118 valence electrons. The Bertz CT molecular complexity index is 676. The highest BCUT2D eigenvalue weighted by molar-refractivity contribution is 7.46. The van der Waals surface area contributed by atoms with Gasteiger partial charge < -0.3 is 24.6 Å². The summed E-state index contributed by atoms with van der Waals surface area (Å²) in [7, 11) is -3.37. The number of aromatic nitrogens is 2. The van der Waals surface area contributed by atoms with Gasteiger partial charge in [-0.1, -0.05) is 0 Å². The molecule has 11 heteroatoms. The van der Waals surface area contributed by atoms with Gasteiger partial charge in [0.25, 0.3) is 5.56 Å². The van der Waals surface area contributed by atoms with E-state index >= 15 is 0 Å². The second-order valence-corrected chi connectivity index (χ2v) is 5.91. The fourth-order valence-corrected chi connectivity index (χ4v) is 2.41. The number of hydrogen-bond acceptors (Lipinski definition) is 6. The third-order valence-electron chi connectivity index (χ3n) is 3.19. The SMILES string of the molecule is Cn1c(=O)[nH]cc([C@H]2C[C@H](O)[C@@H](COP(=O)(O)O)O2)c1=O. The van der Waals surface area contributed by atoms with Crippen LogP contribution >= 0.6 is 7.82 Å². The zero-order valence-corrected chi connectivity index (χ0v) is 11.9. The molecule has 0 aliphatic carbocycles. The highest BCUT2D eigenvalue weighted by Crippen LogP contribution is 2.38. The summed E-state index contributed by atoms with van der Waals surface area (Å²) in [5.41, 5.74) is -0.994. The quantitative estimate of drug-likeness (QED) is 0.482. The van der Waals surface area contributed by atoms with Crippen molar-refractivity contribution < 1.29 is 28.7 Å². The van der Waals surface area contributed by atoms with Crippen LogP contribution in [0.3, 0.4) is 0 Å². The van der Waals surface area contributed by atoms with E-state index in [4.69, 9.17) is 14.5 Å². The average molecular weight is 322 g/mol. The standard InChI is InChI=1S/C10H15N2O8P/c1-12-9(14)5(3-11-10(12)15)7-2-6(13)8(20-7)4-19-21(16,17)18/h3,6-8,13H,2,4H2,1H3,(H,11,15)(H2,16,17,18)/t6-,7+,8+/m0/s1. The van der Waals surface area contributed by atoms with E-state index in [-0.39, 0.29) is 12.0 Å². The van der Waals surface area contributed by atoms with Gasteiger partial charge in [0.05, 0.1) is 24.4 Å². The molecule has 0 bridgehead atoms. The molecule has 1 aromatic heterocycles. The van der Waals surface area contributed by atoms with Gasteiger partial charge in [-0.2, -0.15) is 0 Å². The molecule has 2 heterocycles. The lowest BCUT2D eigenvalue weighted by Crippen LogP contribution is -2.35. The Morgan fingerprint density at radius 3 is 2.81 bits per heavy atom. The van der Waals surface area contributed by atoms with Crippen molar-refractivity contribution in [3.63, 3.8) is 0 Å². The maximum absolute atomic E-state index is 11.9. The summed E-state index contributed by atoms with van der Waals surface area (Å²) in [4.78, 5) is 42.8. The van der Waals surface area contributed by atoms with E-state index < -0.39 is 44.0 Å². The number of nitrogens with zero attached hydrogens (tertiary/aromatic N) is 1. The molecule has 1 fully saturated rings. The van der Waals surface area contributed by atoms with E-state index in [1.165, 1.54) is 13.2 Å². The molecule has 0 aromatic carbocycles. The van der Waals surface area contributed by atoms with Crippen molar-refractivity contribution in [1.29, 1.82) is 0 Å². The first-order valence-electron chi connectivity index (χ1n) is 6.01. The fourth-order valence-electron chi connectivity index (χ4n) is 2.06. The zero-order valence-electron chi connectivity index (χ0n) is 11.0. The Morgan fingerprint density at radius 1 is 1.52 bits per heavy atom. The van der Waals surface area contributed by atoms with Gasteiger partial charge >= 0.3 is 13.5 Å². The van der Waals surface area contributed by atoms with Crippen LogP contribution in [0.15, 0.2) is 15.8 Å². The third kappa shape index (κ3) is 3.67. The van der Waals surface area contributed by atoms with Crippen LogP contribution in [0.1, 0.15) is 18.1 Å². The minimum absolute atomic E-state index is 0.0521. The highest BCUT2D eigenvalue weighted by atomic mass is 31.2. The first-order valence-corrected chi connectivity index (χ1v) is 7.54. The predicted molar refractivity (Wildman–Crippen MR) is 68.5 cm³/mol. The number of H-pyrrole nitrogens is 1. The van der Waals surface area contributed by atoms with Crippen molar-refractivity contribution in [2.45, 2.75) is 24.7 Å². The van der Waals surface area contributed by atoms with Gasteiger partial charge in [0.15, 0.2) is 0 Å². The Hall–Kier alpha value is -1.29. The van der Waals surface area contributed by atoms with E-state index in [0.717, 1.165) is 4.57 Å². The molecule has 0 saturated carbocycles. The molecule has 0 unspecified atom stereocenters. The molecule has 10 nitrogen and oxygen atoms in total. The Balaban J connectivity index is 2.14. The molecule has 0 spiro atoms. The van der Waals surface area contributed by atoms with Gasteiger partial charge in [0.1, 0.15) is 6.10 Å². The third-order valence-corrected chi connectivity index (χ3v) is 3.67. The number of aliphatic hydroxyl groups excluding tert-OH is 1. The van der Waals surface area contributed by atoms with Crippen molar-refractivity contribution in [1.82, 2.24) is 9.55 Å². The Kier molecular flexibility index (Phi) is 4.47. The number of phosphoric ester groups is 1. The number of ether oxygens (including phenoxy) is 1. The molecular formula is C10H15N2O8P. The van der Waals surface area contributed by atoms with Crippen LogP contribution in [0.4, 0.5) is 0 Å². The summed E-state index contributed by atoms with van der Waals surface area (Å²) >= 11 is 0. The number of hydrogen-bond donors (Lipinski definition) is 4. The van der Waals surface area contributed by atoms with Gasteiger partial charge in [0.2, 0.25) is 0 Å². The molecule has 1 aliphatic rings. The Morgan fingerprint density at radius 2 is 2.19 bits per heavy atom. The van der Waals surface area contributed by atoms with Gasteiger partial charge in [-0.05, 0) is 0 Å². The minimum atomic E-state index is -4.66. The lowest BCUT2D eigenvalue weighted by atomic mass is 10.1. The molecule has 1 aromatic rings. The van der Waals surface area contributed by atoms with Gasteiger partial charge in [-0.25, -0.2) is 9.36 Å². The number of aliphatic hydroxyl groups is 1. The van der Waals surface area contributed by atoms with Crippen LogP contribution < -0.4 is 11.2 Å². The summed E-state index contributed by atoms with van der Waals surface area (Å²) in [6, 6.07) is 0. The van der Waals surface area contributed by atoms with Crippen molar-refractivity contribution in [2.24, 2.45) is 7.05 Å². The summed E-state index contributed by atoms with van der Waals surface area (Å²) in [6.45, 7) is -0.508. The van der Waals surface area contributed by atoms with Crippen molar-refractivity contribution in [3.05, 3.63) is 32.6 Å². The van der Waals surface area contributed by atoms with E-state index in [1.807, 2.05) is 0 Å². The summed E-state index contributed by atoms with van der Waals surface area (Å²) < 4.78 is 21.1. The smallest absolute Gasteiger partial charge is 0.390 e. The molecular weight excluding hydrogens is 307 g/mol. The van der Waals surface area contributed by atoms with Crippen molar-refractivity contribution >= 4 is 7.82 Å². The van der Waals surface area contributed by atoms with Crippen LogP contribution in [0.5, 0.6) is 0 Å². The summed E-state index contributed by atoms with van der Waals surface area (Å²) in [5, 5.41) is 9.79. The van der Waals surface area contributed by atoms with Gasteiger partial charge in [-0.15, -0.1) is 0 Å². The van der Waals surface area contributed by atoms with Crippen molar-refractivity contribution in [2.75, 3.05) is 6.61 Å². The minimum Gasteiger partial charge on any atom is -0.390 e. The predicted octanol–water partition coefficient (Wildman–Crippen LogP) is -1.63. The van der Waals surface area contributed by atoms with Crippen LogP contribution in [-0.4, -0.2) is 43.3 Å². The topological polar surface area (TPSA) is 151 Å². The van der Waals surface area contributed by atoms with E-state index in [9.17, 15) is 19.3 Å². The van der Waals surface area contributed by atoms with Crippen LogP contribution in [0, 0.1) is 0 Å². The lowest BCUT2D eigenvalue weighted by molar-refractivity contribution is -0.0226. The number of rotatable bonds is 4. The molecule has 4 N–H and O–H groups in total. The highest BCUT2D eigenvalue weighted by Gasteiger charge is 2.37. The average Bonchev–Trinajstić information content (AvgIpc) is 2.74. The summed E-state index contributed by atoms with van der Waals surface area (Å²) in [5.74, 6) is 0. The molecule has 1 saturated heterocycles. The fraction of sp³-hybridized carbons (Fsp3) is 0.600. The first-order chi connectivity index (χ1) is 9.69. The largest absolute Gasteiger partial charge is 0.469 e. The molecule has 3 atom stereocenters. The molecule has 2 rings (SSSR count). The second kappa shape index (κ2) is 5.84. The molecule has 1 aliphatic heterocycles. The molecule has 0 radical (unpaired) electrons. The maximum atomic E-state index is 11.9. The van der Waals surface area contributed by atoms with E-state index in [2.05, 4.69) is 9.51 Å². The zero-order chi connectivity index (χ0) is 15.8. The number of aromatic amines is 1. The Labute approximate surface area is 118 Å².